The lowest BCUT2D eigenvalue weighted by atomic mass is 10.1. The molecule has 0 spiro atoms. The van der Waals surface area contributed by atoms with Crippen LogP contribution in [0, 0.1) is 6.92 Å². The molecule has 5 heteroatoms. The largest absolute Gasteiger partial charge is 0.464 e. The van der Waals surface area contributed by atoms with Gasteiger partial charge in [-0.3, -0.25) is 4.79 Å². The van der Waals surface area contributed by atoms with Crippen molar-refractivity contribution in [3.8, 4) is 5.69 Å². The normalized spacial score (nSPS) is 10.6. The van der Waals surface area contributed by atoms with E-state index in [0.29, 0.717) is 12.1 Å². The van der Waals surface area contributed by atoms with Crippen molar-refractivity contribution in [1.82, 2.24) is 14.7 Å². The van der Waals surface area contributed by atoms with Gasteiger partial charge < -0.3 is 9.32 Å². The van der Waals surface area contributed by atoms with Crippen molar-refractivity contribution >= 4 is 5.91 Å². The molecule has 0 atom stereocenters. The van der Waals surface area contributed by atoms with Crippen molar-refractivity contribution in [2.45, 2.75) is 13.5 Å². The minimum atomic E-state index is -0.0693. The molecule has 1 amide bonds. The Hall–Kier alpha value is -2.82. The van der Waals surface area contributed by atoms with Crippen LogP contribution in [0.25, 0.3) is 5.69 Å². The van der Waals surface area contributed by atoms with Crippen LogP contribution in [-0.4, -0.2) is 27.6 Å². The maximum absolute atomic E-state index is 12.7. The highest BCUT2D eigenvalue weighted by atomic mass is 16.3. The Kier molecular flexibility index (Phi) is 3.78. The van der Waals surface area contributed by atoms with Crippen molar-refractivity contribution in [2.24, 2.45) is 0 Å². The predicted octanol–water partition coefficient (Wildman–Crippen LogP) is 3.05. The minimum Gasteiger partial charge on any atom is -0.464 e. The molecule has 0 bridgehead atoms. The number of hydrogen-bond acceptors (Lipinski definition) is 3. The third kappa shape index (κ3) is 2.79. The number of carbonyl (C=O) groups is 1. The maximum atomic E-state index is 12.7. The molecule has 0 N–H and O–H groups in total. The Morgan fingerprint density at radius 2 is 2.05 bits per heavy atom. The topological polar surface area (TPSA) is 51.3 Å². The molecule has 1 aromatic carbocycles. The number of nitrogens with zero attached hydrogens (tertiary/aromatic N) is 3. The summed E-state index contributed by atoms with van der Waals surface area (Å²) in [5.41, 5.74) is 1.37. The van der Waals surface area contributed by atoms with Gasteiger partial charge in [-0.2, -0.15) is 5.10 Å². The third-order valence-electron chi connectivity index (χ3n) is 3.42. The first kappa shape index (κ1) is 14.1. The summed E-state index contributed by atoms with van der Waals surface area (Å²) < 4.78 is 7.22. The average molecular weight is 295 g/mol. The summed E-state index contributed by atoms with van der Waals surface area (Å²) in [6, 6.07) is 13.0. The van der Waals surface area contributed by atoms with Crippen molar-refractivity contribution < 1.29 is 9.21 Å². The van der Waals surface area contributed by atoms with Crippen LogP contribution < -0.4 is 0 Å². The number of rotatable bonds is 4. The Labute approximate surface area is 128 Å². The molecule has 3 aromatic rings. The van der Waals surface area contributed by atoms with Gasteiger partial charge in [-0.1, -0.05) is 12.1 Å². The molecule has 0 unspecified atom stereocenters. The number of carbonyl (C=O) groups excluding carboxylic acids is 1. The first-order valence-corrected chi connectivity index (χ1v) is 7.05. The molecule has 0 saturated carbocycles. The van der Waals surface area contributed by atoms with Crippen LogP contribution in [0.2, 0.25) is 0 Å². The summed E-state index contributed by atoms with van der Waals surface area (Å²) in [5.74, 6) is 1.54. The van der Waals surface area contributed by atoms with Gasteiger partial charge in [0, 0.05) is 19.4 Å². The molecule has 3 rings (SSSR count). The molecule has 112 valence electrons. The molecule has 2 aromatic heterocycles. The molecule has 0 aliphatic heterocycles. The van der Waals surface area contributed by atoms with Crippen LogP contribution in [-0.2, 0) is 6.54 Å². The first-order chi connectivity index (χ1) is 10.6. The van der Waals surface area contributed by atoms with Gasteiger partial charge in [0.2, 0.25) is 0 Å². The quantitative estimate of drug-likeness (QED) is 0.743. The molecule has 0 fully saturated rings. The van der Waals surface area contributed by atoms with E-state index in [1.807, 2.05) is 55.6 Å². The second-order valence-corrected chi connectivity index (χ2v) is 5.14. The van der Waals surface area contributed by atoms with Crippen molar-refractivity contribution in [2.75, 3.05) is 7.05 Å². The standard InChI is InChI=1S/C17H17N3O2/c1-13-8-9-14(22-13)12-19(2)17(21)15-6-3-4-7-16(15)20-11-5-10-18-20/h3-11H,12H2,1-2H3. The van der Waals surface area contributed by atoms with Gasteiger partial charge in [-0.25, -0.2) is 4.68 Å². The second-order valence-electron chi connectivity index (χ2n) is 5.14. The highest BCUT2D eigenvalue weighted by Crippen LogP contribution is 2.17. The molecule has 5 nitrogen and oxygen atoms in total. The number of aromatic nitrogens is 2. The Bertz CT molecular complexity index is 775. The summed E-state index contributed by atoms with van der Waals surface area (Å²) in [7, 11) is 1.76. The summed E-state index contributed by atoms with van der Waals surface area (Å²) in [5, 5.41) is 4.20. The second kappa shape index (κ2) is 5.89. The van der Waals surface area contributed by atoms with Gasteiger partial charge in [0.25, 0.3) is 5.91 Å². The lowest BCUT2D eigenvalue weighted by molar-refractivity contribution is 0.0775. The summed E-state index contributed by atoms with van der Waals surface area (Å²) in [6.07, 6.45) is 3.51. The van der Waals surface area contributed by atoms with Crippen molar-refractivity contribution in [3.05, 3.63) is 71.9 Å². The molecule has 0 aliphatic carbocycles. The van der Waals surface area contributed by atoms with Crippen LogP contribution in [0.3, 0.4) is 0 Å². The molecule has 0 radical (unpaired) electrons. The van der Waals surface area contributed by atoms with Gasteiger partial charge in [-0.05, 0) is 37.3 Å². The predicted molar refractivity (Wildman–Crippen MR) is 82.8 cm³/mol. The Balaban J connectivity index is 1.86. The van der Waals surface area contributed by atoms with Crippen LogP contribution in [0.5, 0.6) is 0 Å². The SMILES string of the molecule is Cc1ccc(CN(C)C(=O)c2ccccc2-n2cccn2)o1. The minimum absolute atomic E-state index is 0.0693. The number of aryl methyl sites for hydroxylation is 1. The zero-order chi connectivity index (χ0) is 15.5. The fraction of sp³-hybridized carbons (Fsp3) is 0.176. The van der Waals surface area contributed by atoms with Gasteiger partial charge in [0.05, 0.1) is 17.8 Å². The fourth-order valence-corrected chi connectivity index (χ4v) is 2.35. The maximum Gasteiger partial charge on any atom is 0.256 e. The smallest absolute Gasteiger partial charge is 0.256 e. The van der Waals surface area contributed by atoms with E-state index in [1.54, 1.807) is 22.8 Å². The lowest BCUT2D eigenvalue weighted by Gasteiger charge is -2.18. The van der Waals surface area contributed by atoms with E-state index in [-0.39, 0.29) is 5.91 Å². The molecular formula is C17H17N3O2. The highest BCUT2D eigenvalue weighted by molar-refractivity contribution is 5.97. The van der Waals surface area contributed by atoms with Gasteiger partial charge in [-0.15, -0.1) is 0 Å². The number of para-hydroxylation sites is 1. The van der Waals surface area contributed by atoms with E-state index in [2.05, 4.69) is 5.10 Å². The van der Waals surface area contributed by atoms with Gasteiger partial charge >= 0.3 is 0 Å². The first-order valence-electron chi connectivity index (χ1n) is 7.05. The highest BCUT2D eigenvalue weighted by Gasteiger charge is 2.17. The van der Waals surface area contributed by atoms with E-state index in [4.69, 9.17) is 4.42 Å². The van der Waals surface area contributed by atoms with Crippen LogP contribution in [0.4, 0.5) is 0 Å². The molecule has 0 saturated heterocycles. The van der Waals surface area contributed by atoms with E-state index in [9.17, 15) is 4.79 Å². The van der Waals surface area contributed by atoms with E-state index in [1.165, 1.54) is 0 Å². The zero-order valence-corrected chi connectivity index (χ0v) is 12.6. The fourth-order valence-electron chi connectivity index (χ4n) is 2.35. The Morgan fingerprint density at radius 3 is 2.73 bits per heavy atom. The van der Waals surface area contributed by atoms with Crippen molar-refractivity contribution in [1.29, 1.82) is 0 Å². The molecular weight excluding hydrogens is 278 g/mol. The van der Waals surface area contributed by atoms with E-state index in [0.717, 1.165) is 17.2 Å². The summed E-state index contributed by atoms with van der Waals surface area (Å²) in [6.45, 7) is 2.32. The number of furan rings is 1. The van der Waals surface area contributed by atoms with Gasteiger partial charge in [0.1, 0.15) is 11.5 Å². The molecule has 2 heterocycles. The molecule has 22 heavy (non-hydrogen) atoms. The Morgan fingerprint density at radius 1 is 1.23 bits per heavy atom. The van der Waals surface area contributed by atoms with Crippen molar-refractivity contribution in [3.63, 3.8) is 0 Å². The van der Waals surface area contributed by atoms with Crippen LogP contribution >= 0.6 is 0 Å². The monoisotopic (exact) mass is 295 g/mol. The van der Waals surface area contributed by atoms with Gasteiger partial charge in [0.15, 0.2) is 0 Å². The number of benzene rings is 1. The lowest BCUT2D eigenvalue weighted by Crippen LogP contribution is -2.27. The summed E-state index contributed by atoms with van der Waals surface area (Å²) in [4.78, 5) is 14.4. The zero-order valence-electron chi connectivity index (χ0n) is 12.6. The summed E-state index contributed by atoms with van der Waals surface area (Å²) >= 11 is 0. The molecule has 0 aliphatic rings. The third-order valence-corrected chi connectivity index (χ3v) is 3.42. The number of amides is 1. The number of hydrogen-bond donors (Lipinski definition) is 0. The van der Waals surface area contributed by atoms with Crippen LogP contribution in [0.1, 0.15) is 21.9 Å². The average Bonchev–Trinajstić information content (AvgIpc) is 3.18. The van der Waals surface area contributed by atoms with E-state index >= 15 is 0 Å². The van der Waals surface area contributed by atoms with Crippen LogP contribution in [0.15, 0.2) is 59.3 Å². The van der Waals surface area contributed by atoms with E-state index < -0.39 is 0 Å².